The Balaban J connectivity index is 1.32. The second kappa shape index (κ2) is 8.86. The van der Waals surface area contributed by atoms with Crippen LogP contribution in [0.5, 0.6) is 5.75 Å². The summed E-state index contributed by atoms with van der Waals surface area (Å²) in [5, 5.41) is 12.3. The highest BCUT2D eigenvalue weighted by molar-refractivity contribution is 6.00. The monoisotopic (exact) mass is 401 g/mol. The van der Waals surface area contributed by atoms with Gasteiger partial charge in [-0.05, 0) is 55.0 Å². The van der Waals surface area contributed by atoms with Crippen molar-refractivity contribution in [3.63, 3.8) is 0 Å². The molecule has 1 amide bonds. The summed E-state index contributed by atoms with van der Waals surface area (Å²) >= 11 is 0. The molecule has 0 saturated heterocycles. The maximum Gasteiger partial charge on any atom is 0.224 e. The number of benzene rings is 2. The van der Waals surface area contributed by atoms with Gasteiger partial charge in [-0.2, -0.15) is 0 Å². The van der Waals surface area contributed by atoms with Crippen LogP contribution in [0.25, 0.3) is 11.4 Å². The molecule has 1 heterocycles. The Morgan fingerprint density at radius 3 is 2.47 bits per heavy atom. The summed E-state index contributed by atoms with van der Waals surface area (Å²) in [5.74, 6) is 0.313. The number of fused-ring (bicyclic) bond motifs is 1. The Hall–Kier alpha value is -3.54. The van der Waals surface area contributed by atoms with E-state index in [1.165, 1.54) is 36.4 Å². The summed E-state index contributed by atoms with van der Waals surface area (Å²) in [4.78, 5) is 33.2. The topological polar surface area (TPSA) is 92.2 Å². The largest absolute Gasteiger partial charge is 0.508 e. The molecule has 3 aromatic rings. The van der Waals surface area contributed by atoms with Crippen LogP contribution in [0, 0.1) is 0 Å². The number of phenols is 1. The Bertz CT molecular complexity index is 1080. The van der Waals surface area contributed by atoms with Crippen LogP contribution in [0.1, 0.15) is 47.2 Å². The quantitative estimate of drug-likeness (QED) is 0.600. The van der Waals surface area contributed by atoms with Crippen LogP contribution in [0.3, 0.4) is 0 Å². The van der Waals surface area contributed by atoms with Gasteiger partial charge >= 0.3 is 0 Å². The number of carbonyl (C=O) groups excluding carboxylic acids is 2. The van der Waals surface area contributed by atoms with Gasteiger partial charge in [0.2, 0.25) is 5.91 Å². The molecule has 0 radical (unpaired) electrons. The van der Waals surface area contributed by atoms with E-state index in [1.807, 2.05) is 18.2 Å². The molecule has 2 N–H and O–H groups in total. The van der Waals surface area contributed by atoms with Crippen molar-refractivity contribution in [1.29, 1.82) is 0 Å². The highest BCUT2D eigenvalue weighted by Crippen LogP contribution is 2.23. The van der Waals surface area contributed by atoms with Gasteiger partial charge in [0, 0.05) is 24.0 Å². The first-order valence-corrected chi connectivity index (χ1v) is 10.1. The van der Waals surface area contributed by atoms with Gasteiger partial charge in [0.05, 0.1) is 18.1 Å². The molecule has 1 aliphatic rings. The number of ketones is 1. The Kier molecular flexibility index (Phi) is 5.84. The second-order valence-corrected chi connectivity index (χ2v) is 7.51. The van der Waals surface area contributed by atoms with Gasteiger partial charge in [0.1, 0.15) is 5.75 Å². The van der Waals surface area contributed by atoms with Gasteiger partial charge in [-0.15, -0.1) is 0 Å². The molecule has 6 heteroatoms. The van der Waals surface area contributed by atoms with Crippen LogP contribution in [-0.4, -0.2) is 26.8 Å². The minimum absolute atomic E-state index is 0.0194. The van der Waals surface area contributed by atoms with Gasteiger partial charge in [-0.3, -0.25) is 9.59 Å². The maximum atomic E-state index is 12.5. The van der Waals surface area contributed by atoms with Crippen molar-refractivity contribution in [1.82, 2.24) is 9.97 Å². The van der Waals surface area contributed by atoms with E-state index in [1.54, 1.807) is 24.3 Å². The summed E-state index contributed by atoms with van der Waals surface area (Å²) in [6.45, 7) is 0. The van der Waals surface area contributed by atoms with Crippen LogP contribution in [0.15, 0.2) is 54.9 Å². The molecule has 0 saturated carbocycles. The number of aromatic nitrogens is 2. The number of nitrogens with zero attached hydrogens (tertiary/aromatic N) is 2. The normalized spacial score (nSPS) is 12.8. The number of aryl methyl sites for hydroxylation is 2. The van der Waals surface area contributed by atoms with Gasteiger partial charge in [0.25, 0.3) is 0 Å². The molecule has 30 heavy (non-hydrogen) atoms. The number of nitrogens with one attached hydrogen (secondary N) is 1. The van der Waals surface area contributed by atoms with Crippen molar-refractivity contribution in [2.45, 2.75) is 38.5 Å². The SMILES string of the molecule is O=C(CCC(=O)c1ccc2c(c1)CCCC2)Nc1cnc(-c2cccc(O)c2)nc1. The first-order chi connectivity index (χ1) is 14.6. The number of anilines is 1. The minimum Gasteiger partial charge on any atom is -0.508 e. The van der Waals surface area contributed by atoms with E-state index >= 15 is 0 Å². The molecule has 0 fully saturated rings. The van der Waals surface area contributed by atoms with Crippen molar-refractivity contribution in [2.24, 2.45) is 0 Å². The van der Waals surface area contributed by atoms with Crippen LogP contribution in [-0.2, 0) is 17.6 Å². The van der Waals surface area contributed by atoms with E-state index in [0.29, 0.717) is 22.6 Å². The third kappa shape index (κ3) is 4.71. The van der Waals surface area contributed by atoms with Gasteiger partial charge < -0.3 is 10.4 Å². The van der Waals surface area contributed by atoms with E-state index in [9.17, 15) is 14.7 Å². The minimum atomic E-state index is -0.255. The van der Waals surface area contributed by atoms with Gasteiger partial charge in [-0.1, -0.05) is 24.3 Å². The summed E-state index contributed by atoms with van der Waals surface area (Å²) in [7, 11) is 0. The number of aromatic hydroxyl groups is 1. The molecule has 0 spiro atoms. The number of hydrogen-bond acceptors (Lipinski definition) is 5. The number of rotatable bonds is 6. The first-order valence-electron chi connectivity index (χ1n) is 10.1. The molecule has 1 aliphatic carbocycles. The number of Topliss-reactive ketones (excluding diaryl/α,β-unsaturated/α-hetero) is 1. The first kappa shape index (κ1) is 19.8. The zero-order chi connectivity index (χ0) is 20.9. The molecule has 1 aromatic heterocycles. The summed E-state index contributed by atoms with van der Waals surface area (Å²) in [6, 6.07) is 12.6. The lowest BCUT2D eigenvalue weighted by Gasteiger charge is -2.16. The molecule has 2 aromatic carbocycles. The molecule has 152 valence electrons. The Labute approximate surface area is 175 Å². The fraction of sp³-hybridized carbons (Fsp3) is 0.250. The highest BCUT2D eigenvalue weighted by Gasteiger charge is 2.14. The molecule has 6 nitrogen and oxygen atoms in total. The summed E-state index contributed by atoms with van der Waals surface area (Å²) in [5.41, 5.74) is 4.43. The van der Waals surface area contributed by atoms with Crippen molar-refractivity contribution >= 4 is 17.4 Å². The zero-order valence-electron chi connectivity index (χ0n) is 16.6. The third-order valence-corrected chi connectivity index (χ3v) is 5.29. The van der Waals surface area contributed by atoms with E-state index in [2.05, 4.69) is 15.3 Å². The predicted molar refractivity (Wildman–Crippen MR) is 114 cm³/mol. The molecule has 0 bridgehead atoms. The molecule has 0 atom stereocenters. The lowest BCUT2D eigenvalue weighted by molar-refractivity contribution is -0.116. The average molecular weight is 401 g/mol. The van der Waals surface area contributed by atoms with Crippen molar-refractivity contribution in [3.05, 3.63) is 71.5 Å². The van der Waals surface area contributed by atoms with Gasteiger partial charge in [-0.25, -0.2) is 9.97 Å². The lowest BCUT2D eigenvalue weighted by atomic mass is 9.89. The van der Waals surface area contributed by atoms with E-state index in [0.717, 1.165) is 12.8 Å². The van der Waals surface area contributed by atoms with E-state index in [-0.39, 0.29) is 30.3 Å². The molecule has 0 unspecified atom stereocenters. The van der Waals surface area contributed by atoms with Gasteiger partial charge in [0.15, 0.2) is 11.6 Å². The standard InChI is InChI=1S/C24H23N3O3/c28-21-7-3-6-19(13-21)24-25-14-20(15-26-24)27-23(30)11-10-22(29)18-9-8-16-4-1-2-5-17(16)12-18/h3,6-9,12-15,28H,1-2,4-5,10-11H2,(H,27,30). The fourth-order valence-electron chi connectivity index (χ4n) is 3.69. The molecule has 0 aliphatic heterocycles. The Morgan fingerprint density at radius 1 is 0.933 bits per heavy atom. The Morgan fingerprint density at radius 2 is 1.70 bits per heavy atom. The smallest absolute Gasteiger partial charge is 0.224 e. The summed E-state index contributed by atoms with van der Waals surface area (Å²) in [6.07, 6.45) is 7.76. The van der Waals surface area contributed by atoms with Crippen LogP contribution in [0.4, 0.5) is 5.69 Å². The zero-order valence-corrected chi connectivity index (χ0v) is 16.6. The van der Waals surface area contributed by atoms with Crippen LogP contribution >= 0.6 is 0 Å². The molecular weight excluding hydrogens is 378 g/mol. The van der Waals surface area contributed by atoms with Crippen molar-refractivity contribution in [3.8, 4) is 17.1 Å². The highest BCUT2D eigenvalue weighted by atomic mass is 16.3. The maximum absolute atomic E-state index is 12.5. The summed E-state index contributed by atoms with van der Waals surface area (Å²) < 4.78 is 0. The number of amides is 1. The lowest BCUT2D eigenvalue weighted by Crippen LogP contribution is -2.14. The second-order valence-electron chi connectivity index (χ2n) is 7.51. The predicted octanol–water partition coefficient (Wildman–Crippen LogP) is 4.33. The molecular formula is C24H23N3O3. The fourth-order valence-corrected chi connectivity index (χ4v) is 3.69. The van der Waals surface area contributed by atoms with Crippen molar-refractivity contribution < 1.29 is 14.7 Å². The van der Waals surface area contributed by atoms with Crippen molar-refractivity contribution in [2.75, 3.05) is 5.32 Å². The third-order valence-electron chi connectivity index (χ3n) is 5.29. The molecule has 4 rings (SSSR count). The number of carbonyl (C=O) groups is 2. The van der Waals surface area contributed by atoms with E-state index < -0.39 is 0 Å². The average Bonchev–Trinajstić information content (AvgIpc) is 2.77. The van der Waals surface area contributed by atoms with E-state index in [4.69, 9.17) is 0 Å². The van der Waals surface area contributed by atoms with Crippen LogP contribution < -0.4 is 5.32 Å². The number of hydrogen-bond donors (Lipinski definition) is 2. The number of phenolic OH excluding ortho intramolecular Hbond substituents is 1. The van der Waals surface area contributed by atoms with Crippen LogP contribution in [0.2, 0.25) is 0 Å².